The number of carbonyl (C=O) groups is 1. The summed E-state index contributed by atoms with van der Waals surface area (Å²) in [7, 11) is -1.87. The van der Waals surface area contributed by atoms with Crippen LogP contribution in [0, 0.1) is 12.3 Å². The molecule has 0 aromatic heterocycles. The van der Waals surface area contributed by atoms with Crippen LogP contribution in [0.25, 0.3) is 0 Å². The van der Waals surface area contributed by atoms with Crippen molar-refractivity contribution < 1.29 is 17.9 Å². The first-order chi connectivity index (χ1) is 18.1. The van der Waals surface area contributed by atoms with E-state index in [0.717, 1.165) is 11.1 Å². The lowest BCUT2D eigenvalue weighted by Crippen LogP contribution is -2.47. The van der Waals surface area contributed by atoms with Gasteiger partial charge >= 0.3 is 0 Å². The first kappa shape index (κ1) is 28.4. The largest absolute Gasteiger partial charge is 0.493 e. The summed E-state index contributed by atoms with van der Waals surface area (Å²) in [5.41, 5.74) is 1.44. The molecule has 0 bridgehead atoms. The molecule has 202 valence electrons. The Balaban J connectivity index is 1.50. The van der Waals surface area contributed by atoms with E-state index in [4.69, 9.17) is 27.9 Å². The molecule has 1 aliphatic heterocycles. The number of hydrogen-bond acceptors (Lipinski definition) is 4. The molecule has 6 nitrogen and oxygen atoms in total. The maximum absolute atomic E-state index is 13.4. The van der Waals surface area contributed by atoms with Crippen molar-refractivity contribution in [2.24, 2.45) is 5.41 Å². The van der Waals surface area contributed by atoms with Crippen LogP contribution in [0.1, 0.15) is 30.4 Å². The van der Waals surface area contributed by atoms with E-state index in [9.17, 15) is 13.2 Å². The predicted octanol–water partition coefficient (Wildman–Crippen LogP) is 6.20. The summed E-state index contributed by atoms with van der Waals surface area (Å²) in [6.45, 7) is 3.30. The molecular weight excluding hydrogens is 543 g/mol. The minimum absolute atomic E-state index is 0.00116. The van der Waals surface area contributed by atoms with Crippen LogP contribution < -0.4 is 4.74 Å². The highest BCUT2D eigenvalue weighted by Gasteiger charge is 2.41. The molecule has 0 spiro atoms. The summed E-state index contributed by atoms with van der Waals surface area (Å²) in [4.78, 5) is 15.3. The number of hydrogen-bond donors (Lipinski definition) is 0. The Morgan fingerprint density at radius 1 is 1.00 bits per heavy atom. The second-order valence-electron chi connectivity index (χ2n) is 9.97. The molecule has 0 atom stereocenters. The van der Waals surface area contributed by atoms with E-state index in [1.165, 1.54) is 16.4 Å². The van der Waals surface area contributed by atoms with Crippen LogP contribution in [-0.4, -0.2) is 50.3 Å². The zero-order chi connectivity index (χ0) is 27.3. The van der Waals surface area contributed by atoms with E-state index >= 15 is 0 Å². The van der Waals surface area contributed by atoms with Gasteiger partial charge in [-0.15, -0.1) is 0 Å². The van der Waals surface area contributed by atoms with Gasteiger partial charge in [-0.05, 0) is 73.4 Å². The summed E-state index contributed by atoms with van der Waals surface area (Å²) in [6.07, 6.45) is 1.26. The van der Waals surface area contributed by atoms with Gasteiger partial charge in [-0.2, -0.15) is 4.31 Å². The normalized spacial score (nSPS) is 15.7. The van der Waals surface area contributed by atoms with Crippen LogP contribution in [-0.2, 0) is 21.4 Å². The standard InChI is InChI=1S/C29H32Cl2N2O4S/c1-22-18-25(10-13-27(22)31)37-21-29(19-28(34)32(2)20-23-6-4-3-5-7-23)14-16-33(17-15-29)38(35,36)26-11-8-24(30)9-12-26/h3-13,18H,14-17,19-21H2,1-2H3. The summed E-state index contributed by atoms with van der Waals surface area (Å²) in [6, 6.07) is 21.5. The van der Waals surface area contributed by atoms with Crippen molar-refractivity contribution in [3.63, 3.8) is 0 Å². The Morgan fingerprint density at radius 3 is 2.29 bits per heavy atom. The molecule has 9 heteroatoms. The highest BCUT2D eigenvalue weighted by Crippen LogP contribution is 2.38. The predicted molar refractivity (Wildman–Crippen MR) is 151 cm³/mol. The fourth-order valence-electron chi connectivity index (χ4n) is 4.67. The molecule has 0 saturated carbocycles. The number of rotatable bonds is 9. The van der Waals surface area contributed by atoms with Crippen LogP contribution in [0.5, 0.6) is 5.75 Å². The van der Waals surface area contributed by atoms with Crippen LogP contribution in [0.2, 0.25) is 10.0 Å². The lowest BCUT2D eigenvalue weighted by molar-refractivity contribution is -0.134. The van der Waals surface area contributed by atoms with Gasteiger partial charge in [-0.3, -0.25) is 4.79 Å². The van der Waals surface area contributed by atoms with Crippen molar-refractivity contribution in [3.8, 4) is 5.75 Å². The highest BCUT2D eigenvalue weighted by atomic mass is 35.5. The van der Waals surface area contributed by atoms with Gasteiger partial charge in [0.05, 0.1) is 11.5 Å². The number of ether oxygens (including phenoxy) is 1. The Hall–Kier alpha value is -2.58. The topological polar surface area (TPSA) is 66.9 Å². The Kier molecular flexibility index (Phi) is 9.04. The average Bonchev–Trinajstić information content (AvgIpc) is 2.90. The molecule has 4 rings (SSSR count). The zero-order valence-electron chi connectivity index (χ0n) is 21.6. The van der Waals surface area contributed by atoms with Gasteiger partial charge in [-0.1, -0.05) is 53.5 Å². The van der Waals surface area contributed by atoms with Crippen LogP contribution in [0.15, 0.2) is 77.7 Å². The van der Waals surface area contributed by atoms with Gasteiger partial charge in [-0.25, -0.2) is 8.42 Å². The van der Waals surface area contributed by atoms with Crippen molar-refractivity contribution in [3.05, 3.63) is 94.0 Å². The van der Waals surface area contributed by atoms with E-state index in [2.05, 4.69) is 0 Å². The molecule has 1 aliphatic rings. The third kappa shape index (κ3) is 6.89. The highest BCUT2D eigenvalue weighted by molar-refractivity contribution is 7.89. The van der Waals surface area contributed by atoms with Crippen LogP contribution in [0.4, 0.5) is 0 Å². The number of carbonyl (C=O) groups excluding carboxylic acids is 1. The van der Waals surface area contributed by atoms with Gasteiger partial charge in [0.1, 0.15) is 5.75 Å². The third-order valence-electron chi connectivity index (χ3n) is 7.12. The van der Waals surface area contributed by atoms with Crippen molar-refractivity contribution in [2.75, 3.05) is 26.7 Å². The Morgan fingerprint density at radius 2 is 1.66 bits per heavy atom. The molecule has 1 saturated heterocycles. The van der Waals surface area contributed by atoms with Gasteiger partial charge < -0.3 is 9.64 Å². The van der Waals surface area contributed by atoms with E-state index in [0.29, 0.717) is 54.9 Å². The van der Waals surface area contributed by atoms with E-state index in [1.807, 2.05) is 49.4 Å². The number of benzene rings is 3. The minimum atomic E-state index is -3.67. The molecule has 1 amide bonds. The minimum Gasteiger partial charge on any atom is -0.493 e. The second kappa shape index (κ2) is 12.1. The first-order valence-electron chi connectivity index (χ1n) is 12.5. The van der Waals surface area contributed by atoms with E-state index < -0.39 is 15.4 Å². The molecule has 0 aliphatic carbocycles. The lowest BCUT2D eigenvalue weighted by atomic mass is 9.76. The van der Waals surface area contributed by atoms with Crippen LogP contribution >= 0.6 is 23.2 Å². The van der Waals surface area contributed by atoms with Gasteiger partial charge in [0, 0.05) is 48.6 Å². The SMILES string of the molecule is Cc1cc(OCC2(CC(=O)N(C)Cc3ccccc3)CCN(S(=O)(=O)c3ccc(Cl)cc3)CC2)ccc1Cl. The van der Waals surface area contributed by atoms with E-state index in [-0.39, 0.29) is 17.2 Å². The molecule has 38 heavy (non-hydrogen) atoms. The molecular formula is C29H32Cl2N2O4S. The Labute approximate surface area is 235 Å². The molecule has 0 N–H and O–H groups in total. The Bertz CT molecular complexity index is 1360. The summed E-state index contributed by atoms with van der Waals surface area (Å²) >= 11 is 12.1. The lowest BCUT2D eigenvalue weighted by Gasteiger charge is -2.41. The number of aryl methyl sites for hydroxylation is 1. The molecule has 3 aromatic rings. The zero-order valence-corrected chi connectivity index (χ0v) is 23.9. The summed E-state index contributed by atoms with van der Waals surface area (Å²) < 4.78 is 34.2. The van der Waals surface area contributed by atoms with Gasteiger partial charge in [0.2, 0.25) is 15.9 Å². The molecule has 1 fully saturated rings. The number of piperidine rings is 1. The molecule has 0 unspecified atom stereocenters. The fraction of sp³-hybridized carbons (Fsp3) is 0.345. The monoisotopic (exact) mass is 574 g/mol. The maximum atomic E-state index is 13.4. The average molecular weight is 576 g/mol. The quantitative estimate of drug-likeness (QED) is 0.305. The van der Waals surface area contributed by atoms with Gasteiger partial charge in [0.25, 0.3) is 0 Å². The number of sulfonamides is 1. The van der Waals surface area contributed by atoms with Crippen molar-refractivity contribution in [2.45, 2.75) is 37.6 Å². The van der Waals surface area contributed by atoms with Gasteiger partial charge in [0.15, 0.2) is 0 Å². The second-order valence-corrected chi connectivity index (χ2v) is 12.8. The molecule has 1 heterocycles. The smallest absolute Gasteiger partial charge is 0.243 e. The van der Waals surface area contributed by atoms with Crippen LogP contribution in [0.3, 0.4) is 0 Å². The molecule has 3 aromatic carbocycles. The van der Waals surface area contributed by atoms with Crippen molar-refractivity contribution in [1.82, 2.24) is 9.21 Å². The molecule has 0 radical (unpaired) electrons. The van der Waals surface area contributed by atoms with Crippen molar-refractivity contribution >= 4 is 39.1 Å². The fourth-order valence-corrected chi connectivity index (χ4v) is 6.36. The first-order valence-corrected chi connectivity index (χ1v) is 14.7. The van der Waals surface area contributed by atoms with E-state index in [1.54, 1.807) is 30.1 Å². The number of nitrogens with zero attached hydrogens (tertiary/aromatic N) is 2. The summed E-state index contributed by atoms with van der Waals surface area (Å²) in [5, 5.41) is 1.14. The number of amides is 1. The maximum Gasteiger partial charge on any atom is 0.243 e. The third-order valence-corrected chi connectivity index (χ3v) is 9.71. The summed E-state index contributed by atoms with van der Waals surface area (Å²) in [5.74, 6) is 0.673. The number of halogens is 2. The van der Waals surface area contributed by atoms with Crippen molar-refractivity contribution in [1.29, 1.82) is 0 Å².